The Bertz CT molecular complexity index is 149. The minimum absolute atomic E-state index is 0.0849. The van der Waals surface area contributed by atoms with E-state index in [9.17, 15) is 5.11 Å². The first kappa shape index (κ1) is 11.9. The third-order valence-electron chi connectivity index (χ3n) is 2.37. The molecule has 0 aromatic heterocycles. The molecule has 1 rings (SSSR count). The van der Waals surface area contributed by atoms with Gasteiger partial charge in [-0.15, -0.1) is 0 Å². The number of aliphatic hydroxyl groups is 1. The average Bonchev–Trinajstić information content (AvgIpc) is 2.20. The molecule has 5 nitrogen and oxygen atoms in total. The van der Waals surface area contributed by atoms with E-state index in [1.54, 1.807) is 14.2 Å². The molecule has 1 saturated heterocycles. The first-order valence-electron chi connectivity index (χ1n) is 4.61. The van der Waals surface area contributed by atoms with Gasteiger partial charge in [-0.2, -0.15) is 0 Å². The van der Waals surface area contributed by atoms with Crippen molar-refractivity contribution >= 4 is 0 Å². The largest absolute Gasteiger partial charge is 0.385 e. The second-order valence-electron chi connectivity index (χ2n) is 3.32. The molecule has 14 heavy (non-hydrogen) atoms. The Hall–Kier alpha value is -0.200. The first-order chi connectivity index (χ1) is 6.72. The lowest BCUT2D eigenvalue weighted by molar-refractivity contribution is -0.267. The maximum absolute atomic E-state index is 9.70. The molecule has 0 bridgehead atoms. The fourth-order valence-corrected chi connectivity index (χ4v) is 1.62. The van der Waals surface area contributed by atoms with Gasteiger partial charge in [0.2, 0.25) is 0 Å². The summed E-state index contributed by atoms with van der Waals surface area (Å²) in [4.78, 5) is 0. The van der Waals surface area contributed by atoms with Gasteiger partial charge >= 0.3 is 0 Å². The van der Waals surface area contributed by atoms with Crippen LogP contribution in [0.4, 0.5) is 0 Å². The third-order valence-corrected chi connectivity index (χ3v) is 2.37. The molecule has 1 fully saturated rings. The second kappa shape index (κ2) is 5.63. The molecule has 0 radical (unpaired) electrons. The Kier molecular flexibility index (Phi) is 4.77. The summed E-state index contributed by atoms with van der Waals surface area (Å²) in [6.07, 6.45) is -1.09. The monoisotopic (exact) mass is 206 g/mol. The van der Waals surface area contributed by atoms with Gasteiger partial charge in [0.15, 0.2) is 6.29 Å². The molecule has 5 heteroatoms. The van der Waals surface area contributed by atoms with E-state index >= 15 is 0 Å². The Morgan fingerprint density at radius 2 is 2.00 bits per heavy atom. The molecule has 3 unspecified atom stereocenters. The van der Waals surface area contributed by atoms with Crippen molar-refractivity contribution < 1.29 is 24.1 Å². The van der Waals surface area contributed by atoms with Crippen molar-refractivity contribution in [2.75, 3.05) is 27.9 Å². The Morgan fingerprint density at radius 1 is 1.29 bits per heavy atom. The molecule has 1 N–H and O–H groups in total. The number of ether oxygens (including phenoxy) is 4. The van der Waals surface area contributed by atoms with Gasteiger partial charge in [-0.05, 0) is 0 Å². The molecule has 1 aliphatic rings. The minimum Gasteiger partial charge on any atom is -0.385 e. The SMILES string of the molecule is COCC1CC(OC)C(O)[C@H](OC)O1. The smallest absolute Gasteiger partial charge is 0.186 e. The van der Waals surface area contributed by atoms with E-state index < -0.39 is 12.4 Å². The summed E-state index contributed by atoms with van der Waals surface area (Å²) in [7, 11) is 4.67. The van der Waals surface area contributed by atoms with E-state index in [-0.39, 0.29) is 12.2 Å². The van der Waals surface area contributed by atoms with Crippen LogP contribution >= 0.6 is 0 Å². The van der Waals surface area contributed by atoms with Crippen LogP contribution in [0, 0.1) is 0 Å². The molecule has 0 aromatic rings. The van der Waals surface area contributed by atoms with E-state index in [4.69, 9.17) is 18.9 Å². The Morgan fingerprint density at radius 3 is 2.50 bits per heavy atom. The number of methoxy groups -OCH3 is 3. The van der Waals surface area contributed by atoms with Crippen LogP contribution in [0.3, 0.4) is 0 Å². The van der Waals surface area contributed by atoms with Crippen molar-refractivity contribution in [1.82, 2.24) is 0 Å². The van der Waals surface area contributed by atoms with Crippen molar-refractivity contribution in [3.05, 3.63) is 0 Å². The van der Waals surface area contributed by atoms with Crippen LogP contribution in [-0.2, 0) is 18.9 Å². The number of rotatable bonds is 4. The number of aliphatic hydroxyl groups excluding tert-OH is 1. The van der Waals surface area contributed by atoms with Gasteiger partial charge in [-0.3, -0.25) is 0 Å². The van der Waals surface area contributed by atoms with Crippen LogP contribution < -0.4 is 0 Å². The van der Waals surface area contributed by atoms with Gasteiger partial charge in [0.05, 0.1) is 18.8 Å². The van der Waals surface area contributed by atoms with Crippen LogP contribution in [0.5, 0.6) is 0 Å². The third kappa shape index (κ3) is 2.65. The summed E-state index contributed by atoms with van der Waals surface area (Å²) in [6.45, 7) is 0.479. The highest BCUT2D eigenvalue weighted by Crippen LogP contribution is 2.22. The maximum Gasteiger partial charge on any atom is 0.186 e. The van der Waals surface area contributed by atoms with Crippen LogP contribution in [-0.4, -0.2) is 57.6 Å². The van der Waals surface area contributed by atoms with E-state index in [0.29, 0.717) is 13.0 Å². The second-order valence-corrected chi connectivity index (χ2v) is 3.32. The van der Waals surface area contributed by atoms with Crippen molar-refractivity contribution in [1.29, 1.82) is 0 Å². The van der Waals surface area contributed by atoms with Gasteiger partial charge in [0.1, 0.15) is 6.10 Å². The molecule has 4 atom stereocenters. The van der Waals surface area contributed by atoms with Crippen molar-refractivity contribution in [2.24, 2.45) is 0 Å². The first-order valence-corrected chi connectivity index (χ1v) is 4.61. The van der Waals surface area contributed by atoms with Crippen LogP contribution in [0.1, 0.15) is 6.42 Å². The van der Waals surface area contributed by atoms with Crippen LogP contribution in [0.25, 0.3) is 0 Å². The fraction of sp³-hybridized carbons (Fsp3) is 1.00. The quantitative estimate of drug-likeness (QED) is 0.688. The zero-order valence-corrected chi connectivity index (χ0v) is 8.80. The van der Waals surface area contributed by atoms with E-state index in [1.807, 2.05) is 0 Å². The fourth-order valence-electron chi connectivity index (χ4n) is 1.62. The normalized spacial score (nSPS) is 38.6. The lowest BCUT2D eigenvalue weighted by atomic mass is 10.0. The van der Waals surface area contributed by atoms with Gasteiger partial charge in [-0.1, -0.05) is 0 Å². The van der Waals surface area contributed by atoms with Crippen LogP contribution in [0.15, 0.2) is 0 Å². The van der Waals surface area contributed by atoms with Crippen LogP contribution in [0.2, 0.25) is 0 Å². The Labute approximate surface area is 83.9 Å². The molecule has 1 aliphatic heterocycles. The van der Waals surface area contributed by atoms with Crippen molar-refractivity contribution in [2.45, 2.75) is 31.0 Å². The predicted molar refractivity (Wildman–Crippen MR) is 49.0 cm³/mol. The Balaban J connectivity index is 2.53. The highest BCUT2D eigenvalue weighted by molar-refractivity contribution is 4.82. The topological polar surface area (TPSA) is 57.2 Å². The lowest BCUT2D eigenvalue weighted by Gasteiger charge is -2.37. The highest BCUT2D eigenvalue weighted by Gasteiger charge is 2.37. The minimum atomic E-state index is -0.738. The maximum atomic E-state index is 9.70. The van der Waals surface area contributed by atoms with E-state index in [2.05, 4.69) is 0 Å². The highest BCUT2D eigenvalue weighted by atomic mass is 16.7. The van der Waals surface area contributed by atoms with E-state index in [1.165, 1.54) is 7.11 Å². The van der Waals surface area contributed by atoms with Gasteiger partial charge < -0.3 is 24.1 Å². The average molecular weight is 206 g/mol. The summed E-state index contributed by atoms with van der Waals surface area (Å²) in [5, 5.41) is 9.70. The standard InChI is InChI=1S/C9H18O5/c1-11-5-6-4-7(12-2)8(10)9(13-3)14-6/h6-10H,4-5H2,1-3H3/t6?,7?,8?,9-/m1/s1. The summed E-state index contributed by atoms with van der Waals surface area (Å²) < 4.78 is 20.6. The number of hydrogen-bond acceptors (Lipinski definition) is 5. The van der Waals surface area contributed by atoms with Gasteiger partial charge in [0, 0.05) is 27.8 Å². The molecule has 0 amide bonds. The lowest BCUT2D eigenvalue weighted by Crippen LogP contribution is -2.50. The molecular formula is C9H18O5. The molecule has 0 saturated carbocycles. The summed E-state index contributed by atoms with van der Waals surface area (Å²) in [5.74, 6) is 0. The molecule has 1 heterocycles. The zero-order chi connectivity index (χ0) is 10.6. The van der Waals surface area contributed by atoms with E-state index in [0.717, 1.165) is 0 Å². The molecular weight excluding hydrogens is 188 g/mol. The molecule has 0 spiro atoms. The van der Waals surface area contributed by atoms with Gasteiger partial charge in [0.25, 0.3) is 0 Å². The zero-order valence-electron chi connectivity index (χ0n) is 8.80. The van der Waals surface area contributed by atoms with Crippen molar-refractivity contribution in [3.8, 4) is 0 Å². The summed E-state index contributed by atoms with van der Waals surface area (Å²) in [5.41, 5.74) is 0. The molecule has 0 aliphatic carbocycles. The summed E-state index contributed by atoms with van der Waals surface area (Å²) in [6, 6.07) is 0. The van der Waals surface area contributed by atoms with Gasteiger partial charge in [-0.25, -0.2) is 0 Å². The predicted octanol–water partition coefficient (Wildman–Crippen LogP) is -0.230. The number of hydrogen-bond donors (Lipinski definition) is 1. The summed E-state index contributed by atoms with van der Waals surface area (Å²) >= 11 is 0. The van der Waals surface area contributed by atoms with Crippen molar-refractivity contribution in [3.63, 3.8) is 0 Å². The molecule has 84 valence electrons. The molecule has 0 aromatic carbocycles.